The maximum absolute atomic E-state index is 4.45. The highest BCUT2D eigenvalue weighted by Gasteiger charge is 2.34. The van der Waals surface area contributed by atoms with Gasteiger partial charge < -0.3 is 5.32 Å². The van der Waals surface area contributed by atoms with Gasteiger partial charge in [-0.2, -0.15) is 0 Å². The van der Waals surface area contributed by atoms with E-state index in [0.29, 0.717) is 6.04 Å². The van der Waals surface area contributed by atoms with Gasteiger partial charge in [0.2, 0.25) is 0 Å². The first kappa shape index (κ1) is 12.1. The number of nitrogens with zero attached hydrogens (tertiary/aromatic N) is 3. The first-order valence-corrected chi connectivity index (χ1v) is 7.09. The van der Waals surface area contributed by atoms with Gasteiger partial charge in [0.1, 0.15) is 5.82 Å². The molecule has 4 heteroatoms. The molecule has 3 heterocycles. The average Bonchev–Trinajstić information content (AvgIpc) is 2.80. The zero-order valence-electron chi connectivity index (χ0n) is 11.1. The Labute approximate surface area is 109 Å². The molecule has 2 aliphatic heterocycles. The number of aryl methyl sites for hydroxylation is 1. The van der Waals surface area contributed by atoms with E-state index in [1.807, 2.05) is 19.2 Å². The molecule has 0 bridgehead atoms. The summed E-state index contributed by atoms with van der Waals surface area (Å²) in [5.74, 6) is 0.861. The number of hydrogen-bond donors (Lipinski definition) is 1. The minimum atomic E-state index is 0.653. The van der Waals surface area contributed by atoms with Gasteiger partial charge in [-0.1, -0.05) is 6.42 Å². The molecule has 2 aliphatic rings. The molecule has 0 aromatic carbocycles. The lowest BCUT2D eigenvalue weighted by atomic mass is 9.99. The predicted molar refractivity (Wildman–Crippen MR) is 71.2 cm³/mol. The molecule has 0 spiro atoms. The second-order valence-corrected chi connectivity index (χ2v) is 5.47. The summed E-state index contributed by atoms with van der Waals surface area (Å²) in [6.45, 7) is 5.39. The van der Waals surface area contributed by atoms with Crippen LogP contribution in [0.1, 0.15) is 37.2 Å². The van der Waals surface area contributed by atoms with Crippen molar-refractivity contribution in [1.82, 2.24) is 20.2 Å². The van der Waals surface area contributed by atoms with Crippen LogP contribution >= 0.6 is 0 Å². The van der Waals surface area contributed by atoms with Crippen LogP contribution in [-0.2, 0) is 6.54 Å². The third-order valence-corrected chi connectivity index (χ3v) is 4.24. The largest absolute Gasteiger partial charge is 0.307 e. The normalized spacial score (nSPS) is 28.3. The van der Waals surface area contributed by atoms with Crippen molar-refractivity contribution in [3.05, 3.63) is 23.8 Å². The number of rotatable bonds is 3. The Kier molecular flexibility index (Phi) is 3.57. The summed E-state index contributed by atoms with van der Waals surface area (Å²) in [6, 6.07) is 3.43. The second kappa shape index (κ2) is 5.33. The molecule has 2 atom stereocenters. The Morgan fingerprint density at radius 1 is 1.33 bits per heavy atom. The summed E-state index contributed by atoms with van der Waals surface area (Å²) < 4.78 is 0. The second-order valence-electron chi connectivity index (χ2n) is 5.47. The molecular weight excluding hydrogens is 224 g/mol. The van der Waals surface area contributed by atoms with E-state index in [9.17, 15) is 0 Å². The third-order valence-electron chi connectivity index (χ3n) is 4.24. The van der Waals surface area contributed by atoms with Crippen LogP contribution in [0.4, 0.5) is 0 Å². The van der Waals surface area contributed by atoms with Crippen LogP contribution in [0.3, 0.4) is 0 Å². The number of nitrogens with one attached hydrogen (secondary N) is 1. The summed E-state index contributed by atoms with van der Waals surface area (Å²) in [5.41, 5.74) is 1.11. The fraction of sp³-hybridized carbons (Fsp3) is 0.714. The molecule has 2 fully saturated rings. The first-order chi connectivity index (χ1) is 8.83. The molecular formula is C14H22N4. The molecule has 3 rings (SSSR count). The van der Waals surface area contributed by atoms with E-state index >= 15 is 0 Å². The zero-order chi connectivity index (χ0) is 12.4. The van der Waals surface area contributed by atoms with Crippen LogP contribution < -0.4 is 5.32 Å². The van der Waals surface area contributed by atoms with E-state index in [1.165, 1.54) is 38.8 Å². The topological polar surface area (TPSA) is 41.1 Å². The maximum Gasteiger partial charge on any atom is 0.125 e. The highest BCUT2D eigenvalue weighted by Crippen LogP contribution is 2.27. The van der Waals surface area contributed by atoms with Gasteiger partial charge >= 0.3 is 0 Å². The van der Waals surface area contributed by atoms with Crippen LogP contribution in [-0.4, -0.2) is 40.0 Å². The van der Waals surface area contributed by atoms with Crippen molar-refractivity contribution >= 4 is 0 Å². The Balaban J connectivity index is 1.57. The fourth-order valence-electron chi connectivity index (χ4n) is 3.32. The van der Waals surface area contributed by atoms with E-state index in [0.717, 1.165) is 24.1 Å². The van der Waals surface area contributed by atoms with Gasteiger partial charge in [-0.3, -0.25) is 4.90 Å². The fourth-order valence-corrected chi connectivity index (χ4v) is 3.32. The van der Waals surface area contributed by atoms with Crippen LogP contribution in [0.5, 0.6) is 0 Å². The van der Waals surface area contributed by atoms with Crippen LogP contribution in [0.25, 0.3) is 0 Å². The van der Waals surface area contributed by atoms with Crippen LogP contribution in [0.15, 0.2) is 12.3 Å². The summed E-state index contributed by atoms with van der Waals surface area (Å²) in [7, 11) is 0. The lowest BCUT2D eigenvalue weighted by Gasteiger charge is -2.32. The summed E-state index contributed by atoms with van der Waals surface area (Å²) in [6.07, 6.45) is 7.27. The lowest BCUT2D eigenvalue weighted by Crippen LogP contribution is -2.44. The van der Waals surface area contributed by atoms with Gasteiger partial charge in [0.25, 0.3) is 0 Å². The third kappa shape index (κ3) is 2.54. The van der Waals surface area contributed by atoms with E-state index in [-0.39, 0.29) is 0 Å². The Hall–Kier alpha value is -1.00. The Morgan fingerprint density at radius 2 is 2.28 bits per heavy atom. The van der Waals surface area contributed by atoms with Crippen LogP contribution in [0.2, 0.25) is 0 Å². The van der Waals surface area contributed by atoms with Crippen molar-refractivity contribution in [2.45, 2.75) is 51.2 Å². The van der Waals surface area contributed by atoms with Crippen molar-refractivity contribution in [2.24, 2.45) is 0 Å². The molecule has 0 amide bonds. The van der Waals surface area contributed by atoms with Crippen molar-refractivity contribution < 1.29 is 0 Å². The molecule has 0 saturated carbocycles. The Morgan fingerprint density at radius 3 is 3.17 bits per heavy atom. The minimum absolute atomic E-state index is 0.653. The quantitative estimate of drug-likeness (QED) is 0.877. The molecule has 0 radical (unpaired) electrons. The smallest absolute Gasteiger partial charge is 0.125 e. The Bertz CT molecular complexity index is 407. The highest BCUT2D eigenvalue weighted by molar-refractivity contribution is 5.02. The maximum atomic E-state index is 4.45. The number of piperidine rings is 1. The first-order valence-electron chi connectivity index (χ1n) is 7.09. The van der Waals surface area contributed by atoms with E-state index in [2.05, 4.69) is 20.2 Å². The van der Waals surface area contributed by atoms with Gasteiger partial charge in [0.05, 0.1) is 5.69 Å². The van der Waals surface area contributed by atoms with Crippen molar-refractivity contribution in [3.63, 3.8) is 0 Å². The molecule has 2 unspecified atom stereocenters. The van der Waals surface area contributed by atoms with Crippen molar-refractivity contribution in [2.75, 3.05) is 13.1 Å². The standard InChI is InChI=1S/C14H22N4/c1-11-15-7-5-12(17-11)10-16-13-6-9-18-8-3-2-4-14(13)18/h5,7,13-14,16H,2-4,6,8-10H2,1H3. The molecule has 4 nitrogen and oxygen atoms in total. The lowest BCUT2D eigenvalue weighted by molar-refractivity contribution is 0.180. The van der Waals surface area contributed by atoms with Crippen molar-refractivity contribution in [1.29, 1.82) is 0 Å². The highest BCUT2D eigenvalue weighted by atomic mass is 15.2. The summed E-state index contributed by atoms with van der Waals surface area (Å²) in [4.78, 5) is 11.2. The molecule has 1 aromatic rings. The van der Waals surface area contributed by atoms with E-state index < -0.39 is 0 Å². The molecule has 2 saturated heterocycles. The zero-order valence-corrected chi connectivity index (χ0v) is 11.1. The van der Waals surface area contributed by atoms with Gasteiger partial charge in [-0.25, -0.2) is 9.97 Å². The molecule has 1 aromatic heterocycles. The number of aromatic nitrogens is 2. The summed E-state index contributed by atoms with van der Waals surface area (Å²) in [5, 5.41) is 3.69. The summed E-state index contributed by atoms with van der Waals surface area (Å²) >= 11 is 0. The van der Waals surface area contributed by atoms with E-state index in [1.54, 1.807) is 0 Å². The predicted octanol–water partition coefficient (Wildman–Crippen LogP) is 1.50. The number of fused-ring (bicyclic) bond motifs is 1. The van der Waals surface area contributed by atoms with E-state index in [4.69, 9.17) is 0 Å². The van der Waals surface area contributed by atoms with Gasteiger partial charge in [0, 0.05) is 31.4 Å². The molecule has 1 N–H and O–H groups in total. The SMILES string of the molecule is Cc1nccc(CNC2CCN3CCCCC23)n1. The average molecular weight is 246 g/mol. The van der Waals surface area contributed by atoms with Crippen molar-refractivity contribution in [3.8, 4) is 0 Å². The molecule has 0 aliphatic carbocycles. The van der Waals surface area contributed by atoms with Gasteiger partial charge in [-0.15, -0.1) is 0 Å². The van der Waals surface area contributed by atoms with Gasteiger partial charge in [-0.05, 0) is 38.8 Å². The number of hydrogen-bond acceptors (Lipinski definition) is 4. The van der Waals surface area contributed by atoms with Gasteiger partial charge in [0.15, 0.2) is 0 Å². The van der Waals surface area contributed by atoms with Crippen LogP contribution in [0, 0.1) is 6.92 Å². The molecule has 18 heavy (non-hydrogen) atoms. The monoisotopic (exact) mass is 246 g/mol. The molecule has 98 valence electrons. The minimum Gasteiger partial charge on any atom is -0.307 e.